The van der Waals surface area contributed by atoms with E-state index in [-0.39, 0.29) is 24.6 Å². The summed E-state index contributed by atoms with van der Waals surface area (Å²) in [6.07, 6.45) is 0.779. The fraction of sp³-hybridized carbons (Fsp3) is 0.556. The number of para-hydroxylation sites is 1. The Morgan fingerprint density at radius 3 is 2.50 bits per heavy atom. The van der Waals surface area contributed by atoms with E-state index in [4.69, 9.17) is 4.74 Å². The molecule has 132 valence electrons. The molecule has 0 aliphatic carbocycles. The van der Waals surface area contributed by atoms with E-state index in [0.717, 1.165) is 17.7 Å². The molecule has 3 amide bonds. The van der Waals surface area contributed by atoms with Gasteiger partial charge in [-0.15, -0.1) is 0 Å². The zero-order valence-corrected chi connectivity index (χ0v) is 14.7. The van der Waals surface area contributed by atoms with Crippen molar-refractivity contribution >= 4 is 11.9 Å². The predicted molar refractivity (Wildman–Crippen MR) is 93.1 cm³/mol. The number of urea groups is 1. The maximum absolute atomic E-state index is 12.4. The quantitative estimate of drug-likeness (QED) is 0.917. The second-order valence-corrected chi connectivity index (χ2v) is 6.38. The lowest BCUT2D eigenvalue weighted by molar-refractivity contribution is -0.133. The number of nitrogens with zero attached hydrogens (tertiary/aromatic N) is 2. The molecule has 0 spiro atoms. The molecule has 1 aliphatic heterocycles. The topological polar surface area (TPSA) is 61.9 Å². The summed E-state index contributed by atoms with van der Waals surface area (Å²) in [5.41, 5.74) is 1.01. The molecular weight excluding hydrogens is 306 g/mol. The number of ether oxygens (including phenoxy) is 1. The first-order chi connectivity index (χ1) is 11.5. The summed E-state index contributed by atoms with van der Waals surface area (Å²) in [5.74, 6) is 0.697. The van der Waals surface area contributed by atoms with Crippen molar-refractivity contribution in [3.05, 3.63) is 29.8 Å². The third-order valence-electron chi connectivity index (χ3n) is 3.99. The van der Waals surface area contributed by atoms with Crippen molar-refractivity contribution in [2.24, 2.45) is 0 Å². The van der Waals surface area contributed by atoms with Gasteiger partial charge in [-0.2, -0.15) is 0 Å². The van der Waals surface area contributed by atoms with Crippen LogP contribution in [0.15, 0.2) is 24.3 Å². The monoisotopic (exact) mass is 333 g/mol. The summed E-state index contributed by atoms with van der Waals surface area (Å²) in [4.78, 5) is 28.0. The minimum Gasteiger partial charge on any atom is -0.484 e. The zero-order chi connectivity index (χ0) is 17.5. The molecule has 1 aromatic rings. The normalized spacial score (nSPS) is 15.2. The first kappa shape index (κ1) is 18.1. The highest BCUT2D eigenvalue weighted by Crippen LogP contribution is 2.16. The molecule has 1 saturated heterocycles. The highest BCUT2D eigenvalue weighted by Gasteiger charge is 2.22. The summed E-state index contributed by atoms with van der Waals surface area (Å²) in [6.45, 7) is 8.28. The molecule has 1 aliphatic rings. The Balaban J connectivity index is 1.83. The molecule has 0 radical (unpaired) electrons. The standard InChI is InChI=1S/C18H27N3O3/c1-14(2)19-18(23)21-10-6-9-20(11-12-21)17(22)13-24-16-8-5-4-7-15(16)3/h4-5,7-8,14H,6,9-13H2,1-3H3,(H,19,23). The number of amides is 3. The first-order valence-electron chi connectivity index (χ1n) is 8.49. The Hall–Kier alpha value is -2.24. The van der Waals surface area contributed by atoms with Crippen LogP contribution in [-0.2, 0) is 4.79 Å². The summed E-state index contributed by atoms with van der Waals surface area (Å²) in [5, 5.41) is 2.90. The van der Waals surface area contributed by atoms with Gasteiger partial charge in [-0.05, 0) is 38.8 Å². The third-order valence-corrected chi connectivity index (χ3v) is 3.99. The van der Waals surface area contributed by atoms with Gasteiger partial charge < -0.3 is 19.9 Å². The summed E-state index contributed by atoms with van der Waals surface area (Å²) in [7, 11) is 0. The summed E-state index contributed by atoms with van der Waals surface area (Å²) >= 11 is 0. The van der Waals surface area contributed by atoms with Gasteiger partial charge in [-0.1, -0.05) is 18.2 Å². The van der Waals surface area contributed by atoms with Crippen LogP contribution in [0.5, 0.6) is 5.75 Å². The molecule has 1 N–H and O–H groups in total. The van der Waals surface area contributed by atoms with Crippen LogP contribution in [0.1, 0.15) is 25.8 Å². The summed E-state index contributed by atoms with van der Waals surface area (Å²) < 4.78 is 5.64. The van der Waals surface area contributed by atoms with Gasteiger partial charge in [0.15, 0.2) is 6.61 Å². The van der Waals surface area contributed by atoms with Crippen molar-refractivity contribution in [1.29, 1.82) is 0 Å². The van der Waals surface area contributed by atoms with Crippen LogP contribution in [0.4, 0.5) is 4.79 Å². The minimum atomic E-state index is -0.0598. The van der Waals surface area contributed by atoms with Crippen LogP contribution < -0.4 is 10.1 Å². The number of benzene rings is 1. The predicted octanol–water partition coefficient (Wildman–Crippen LogP) is 2.03. The largest absolute Gasteiger partial charge is 0.484 e. The van der Waals surface area contributed by atoms with E-state index in [1.54, 1.807) is 9.80 Å². The van der Waals surface area contributed by atoms with E-state index in [0.29, 0.717) is 26.2 Å². The molecule has 6 heteroatoms. The number of carbonyl (C=O) groups excluding carboxylic acids is 2. The average molecular weight is 333 g/mol. The van der Waals surface area contributed by atoms with Gasteiger partial charge in [0, 0.05) is 32.2 Å². The third kappa shape index (κ3) is 5.15. The Morgan fingerprint density at radius 1 is 1.12 bits per heavy atom. The fourth-order valence-electron chi connectivity index (χ4n) is 2.66. The van der Waals surface area contributed by atoms with Crippen LogP contribution in [0, 0.1) is 6.92 Å². The van der Waals surface area contributed by atoms with Gasteiger partial charge in [0.1, 0.15) is 5.75 Å². The zero-order valence-electron chi connectivity index (χ0n) is 14.7. The second kappa shape index (κ2) is 8.57. The first-order valence-corrected chi connectivity index (χ1v) is 8.49. The van der Waals surface area contributed by atoms with Gasteiger partial charge in [-0.3, -0.25) is 4.79 Å². The number of nitrogens with one attached hydrogen (secondary N) is 1. The van der Waals surface area contributed by atoms with Crippen LogP contribution >= 0.6 is 0 Å². The Kier molecular flexibility index (Phi) is 6.46. The summed E-state index contributed by atoms with van der Waals surface area (Å²) in [6, 6.07) is 7.70. The lowest BCUT2D eigenvalue weighted by atomic mass is 10.2. The number of aryl methyl sites for hydroxylation is 1. The molecular formula is C18H27N3O3. The molecule has 1 heterocycles. The Morgan fingerprint density at radius 2 is 1.79 bits per heavy atom. The van der Waals surface area contributed by atoms with E-state index in [1.165, 1.54) is 0 Å². The minimum absolute atomic E-state index is 0.0308. The molecule has 0 unspecified atom stereocenters. The van der Waals surface area contributed by atoms with Crippen molar-refractivity contribution < 1.29 is 14.3 Å². The van der Waals surface area contributed by atoms with E-state index in [9.17, 15) is 9.59 Å². The second-order valence-electron chi connectivity index (χ2n) is 6.38. The van der Waals surface area contributed by atoms with Gasteiger partial charge in [0.05, 0.1) is 0 Å². The Labute approximate surface area is 143 Å². The highest BCUT2D eigenvalue weighted by atomic mass is 16.5. The molecule has 0 bridgehead atoms. The van der Waals surface area contributed by atoms with Gasteiger partial charge in [0.25, 0.3) is 5.91 Å². The van der Waals surface area contributed by atoms with Crippen molar-refractivity contribution in [1.82, 2.24) is 15.1 Å². The van der Waals surface area contributed by atoms with Crippen LogP contribution in [0.25, 0.3) is 0 Å². The molecule has 0 aromatic heterocycles. The van der Waals surface area contributed by atoms with Crippen molar-refractivity contribution in [3.63, 3.8) is 0 Å². The lowest BCUT2D eigenvalue weighted by Gasteiger charge is -2.23. The maximum atomic E-state index is 12.4. The van der Waals surface area contributed by atoms with Crippen LogP contribution in [0.2, 0.25) is 0 Å². The van der Waals surface area contributed by atoms with Crippen molar-refractivity contribution in [2.45, 2.75) is 33.2 Å². The SMILES string of the molecule is Cc1ccccc1OCC(=O)N1CCCN(C(=O)NC(C)C)CC1. The van der Waals surface area contributed by atoms with E-state index in [2.05, 4.69) is 5.32 Å². The lowest BCUT2D eigenvalue weighted by Crippen LogP contribution is -2.45. The number of rotatable bonds is 4. The molecule has 1 fully saturated rings. The number of hydrogen-bond donors (Lipinski definition) is 1. The average Bonchev–Trinajstić information content (AvgIpc) is 2.79. The van der Waals surface area contributed by atoms with Gasteiger partial charge in [-0.25, -0.2) is 4.79 Å². The maximum Gasteiger partial charge on any atom is 0.317 e. The van der Waals surface area contributed by atoms with E-state index < -0.39 is 0 Å². The molecule has 2 rings (SSSR count). The smallest absolute Gasteiger partial charge is 0.317 e. The Bertz CT molecular complexity index is 574. The fourth-order valence-corrected chi connectivity index (χ4v) is 2.66. The van der Waals surface area contributed by atoms with E-state index in [1.807, 2.05) is 45.0 Å². The van der Waals surface area contributed by atoms with E-state index >= 15 is 0 Å². The van der Waals surface area contributed by atoms with Crippen LogP contribution in [0.3, 0.4) is 0 Å². The molecule has 6 nitrogen and oxygen atoms in total. The number of carbonyl (C=O) groups is 2. The van der Waals surface area contributed by atoms with Crippen molar-refractivity contribution in [3.8, 4) is 5.75 Å². The van der Waals surface area contributed by atoms with Crippen LogP contribution in [-0.4, -0.2) is 60.6 Å². The van der Waals surface area contributed by atoms with Crippen molar-refractivity contribution in [2.75, 3.05) is 32.8 Å². The van der Waals surface area contributed by atoms with Gasteiger partial charge >= 0.3 is 6.03 Å². The number of hydrogen-bond acceptors (Lipinski definition) is 3. The highest BCUT2D eigenvalue weighted by molar-refractivity contribution is 5.78. The molecule has 0 atom stereocenters. The van der Waals surface area contributed by atoms with Gasteiger partial charge in [0.2, 0.25) is 0 Å². The molecule has 24 heavy (non-hydrogen) atoms. The molecule has 1 aromatic carbocycles. The molecule has 0 saturated carbocycles.